The molecule has 0 spiro atoms. The van der Waals surface area contributed by atoms with Crippen LogP contribution in [0.15, 0.2) is 36.5 Å². The molecule has 0 aliphatic rings. The molecule has 1 aromatic carbocycles. The Morgan fingerprint density at radius 3 is 2.55 bits per heavy atom. The molecule has 0 unspecified atom stereocenters. The lowest BCUT2D eigenvalue weighted by molar-refractivity contribution is 0.550. The molecule has 0 saturated heterocycles. The minimum Gasteiger partial charge on any atom is -0.305 e. The molecule has 0 fully saturated rings. The van der Waals surface area contributed by atoms with Crippen LogP contribution in [0.25, 0.3) is 0 Å². The average molecular weight is 293 g/mol. The third-order valence-corrected chi connectivity index (χ3v) is 4.08. The van der Waals surface area contributed by atoms with E-state index in [1.165, 1.54) is 6.26 Å². The van der Waals surface area contributed by atoms with Crippen LogP contribution in [0, 0.1) is 6.92 Å². The van der Waals surface area contributed by atoms with Crippen molar-refractivity contribution in [2.75, 3.05) is 12.0 Å². The Balaban J connectivity index is 2.13. The number of aromatic amines is 1. The van der Waals surface area contributed by atoms with Crippen molar-refractivity contribution in [3.63, 3.8) is 0 Å². The summed E-state index contributed by atoms with van der Waals surface area (Å²) in [4.78, 5) is 0. The zero-order valence-electron chi connectivity index (χ0n) is 11.6. The van der Waals surface area contributed by atoms with Crippen molar-refractivity contribution < 1.29 is 8.42 Å². The van der Waals surface area contributed by atoms with E-state index in [0.29, 0.717) is 6.54 Å². The quantitative estimate of drug-likeness (QED) is 0.848. The van der Waals surface area contributed by atoms with Gasteiger partial charge in [-0.3, -0.25) is 5.10 Å². The summed E-state index contributed by atoms with van der Waals surface area (Å²) in [5.74, 6) is 0.0773. The Morgan fingerprint density at radius 1 is 1.30 bits per heavy atom. The Morgan fingerprint density at radius 2 is 2.00 bits per heavy atom. The molecule has 0 amide bonds. The summed E-state index contributed by atoms with van der Waals surface area (Å²) in [5.41, 5.74) is 3.00. The summed E-state index contributed by atoms with van der Waals surface area (Å²) in [5, 5.41) is 10.1. The van der Waals surface area contributed by atoms with Crippen LogP contribution in [0.1, 0.15) is 22.9 Å². The predicted octanol–water partition coefficient (Wildman–Crippen LogP) is 1.59. The molecule has 2 aromatic rings. The molecule has 6 heteroatoms. The van der Waals surface area contributed by atoms with E-state index in [0.717, 1.165) is 16.8 Å². The molecule has 2 rings (SSSR count). The number of sulfone groups is 1. The van der Waals surface area contributed by atoms with Crippen LogP contribution in [0.3, 0.4) is 0 Å². The molecule has 20 heavy (non-hydrogen) atoms. The number of nitrogens with zero attached hydrogens (tertiary/aromatic N) is 1. The van der Waals surface area contributed by atoms with Gasteiger partial charge in [0, 0.05) is 30.1 Å². The normalized spacial score (nSPS) is 13.3. The van der Waals surface area contributed by atoms with Gasteiger partial charge in [-0.25, -0.2) is 8.42 Å². The zero-order valence-corrected chi connectivity index (χ0v) is 12.4. The zero-order chi connectivity index (χ0) is 14.6. The van der Waals surface area contributed by atoms with Crippen LogP contribution in [-0.4, -0.2) is 30.6 Å². The second-order valence-electron chi connectivity index (χ2n) is 4.96. The molecule has 5 nitrogen and oxygen atoms in total. The molecule has 0 aliphatic heterocycles. The number of H-pyrrole nitrogens is 1. The van der Waals surface area contributed by atoms with Crippen LogP contribution in [0.4, 0.5) is 0 Å². The van der Waals surface area contributed by atoms with Crippen LogP contribution < -0.4 is 5.32 Å². The monoisotopic (exact) mass is 293 g/mol. The number of hydrogen-bond donors (Lipinski definition) is 2. The van der Waals surface area contributed by atoms with Crippen molar-refractivity contribution in [2.24, 2.45) is 0 Å². The molecule has 0 saturated carbocycles. The predicted molar refractivity (Wildman–Crippen MR) is 79.1 cm³/mol. The van der Waals surface area contributed by atoms with E-state index in [2.05, 4.69) is 15.5 Å². The molecule has 0 radical (unpaired) electrons. The maximum Gasteiger partial charge on any atom is 0.149 e. The van der Waals surface area contributed by atoms with Crippen molar-refractivity contribution in [2.45, 2.75) is 19.5 Å². The van der Waals surface area contributed by atoms with Gasteiger partial charge < -0.3 is 5.32 Å². The average Bonchev–Trinajstić information content (AvgIpc) is 2.80. The largest absolute Gasteiger partial charge is 0.305 e. The number of hydrogen-bond acceptors (Lipinski definition) is 4. The first-order chi connectivity index (χ1) is 9.46. The molecule has 1 aromatic heterocycles. The lowest BCUT2D eigenvalue weighted by Crippen LogP contribution is -2.27. The van der Waals surface area contributed by atoms with Crippen molar-refractivity contribution in [1.29, 1.82) is 0 Å². The Labute approximate surface area is 119 Å². The molecular weight excluding hydrogens is 274 g/mol. The summed E-state index contributed by atoms with van der Waals surface area (Å²) in [6.07, 6.45) is 3.01. The van der Waals surface area contributed by atoms with Crippen LogP contribution >= 0.6 is 0 Å². The molecule has 108 valence electrons. The molecule has 1 heterocycles. The smallest absolute Gasteiger partial charge is 0.149 e. The Bertz CT molecular complexity index is 650. The highest BCUT2D eigenvalue weighted by atomic mass is 32.2. The fourth-order valence-corrected chi connectivity index (χ4v) is 2.96. The minimum atomic E-state index is -3.06. The number of nitrogens with one attached hydrogen (secondary N) is 2. The first kappa shape index (κ1) is 14.7. The topological polar surface area (TPSA) is 74.8 Å². The number of aryl methyl sites for hydroxylation is 1. The standard InChI is InChI=1S/C14H19N3O2S/c1-11-13(9-16-17-11)8-15-14(10-20(2,18)19)12-6-4-3-5-7-12/h3-7,9,14-15H,8,10H2,1-2H3,(H,16,17)/t14-/m1/s1. The summed E-state index contributed by atoms with van der Waals surface area (Å²) in [6, 6.07) is 9.39. The van der Waals surface area contributed by atoms with Crippen molar-refractivity contribution in [1.82, 2.24) is 15.5 Å². The van der Waals surface area contributed by atoms with E-state index in [1.807, 2.05) is 37.3 Å². The Hall–Kier alpha value is -1.66. The third-order valence-electron chi connectivity index (χ3n) is 3.14. The van der Waals surface area contributed by atoms with Gasteiger partial charge >= 0.3 is 0 Å². The van der Waals surface area contributed by atoms with Crippen molar-refractivity contribution in [3.8, 4) is 0 Å². The molecule has 0 aliphatic carbocycles. The van der Waals surface area contributed by atoms with Crippen molar-refractivity contribution in [3.05, 3.63) is 53.3 Å². The van der Waals surface area contributed by atoms with Gasteiger partial charge in [0.25, 0.3) is 0 Å². The van der Waals surface area contributed by atoms with E-state index in [4.69, 9.17) is 0 Å². The molecule has 0 bridgehead atoms. The fourth-order valence-electron chi connectivity index (χ4n) is 2.05. The van der Waals surface area contributed by atoms with E-state index in [9.17, 15) is 8.42 Å². The highest BCUT2D eigenvalue weighted by molar-refractivity contribution is 7.90. The number of rotatable bonds is 6. The lowest BCUT2D eigenvalue weighted by atomic mass is 10.1. The van der Waals surface area contributed by atoms with Gasteiger partial charge in [0.15, 0.2) is 0 Å². The van der Waals surface area contributed by atoms with Gasteiger partial charge in [0.1, 0.15) is 9.84 Å². The second kappa shape index (κ2) is 6.19. The summed E-state index contributed by atoms with van der Waals surface area (Å²) >= 11 is 0. The van der Waals surface area contributed by atoms with Crippen LogP contribution in [-0.2, 0) is 16.4 Å². The Kier molecular flexibility index (Phi) is 4.57. The third kappa shape index (κ3) is 4.18. The maximum absolute atomic E-state index is 11.6. The molecule has 2 N–H and O–H groups in total. The van der Waals surface area contributed by atoms with Gasteiger partial charge in [-0.15, -0.1) is 0 Å². The first-order valence-corrected chi connectivity index (χ1v) is 8.46. The lowest BCUT2D eigenvalue weighted by Gasteiger charge is -2.18. The van der Waals surface area contributed by atoms with Crippen LogP contribution in [0.2, 0.25) is 0 Å². The highest BCUT2D eigenvalue weighted by Gasteiger charge is 2.17. The summed E-state index contributed by atoms with van der Waals surface area (Å²) in [6.45, 7) is 2.52. The van der Waals surface area contributed by atoms with E-state index >= 15 is 0 Å². The summed E-state index contributed by atoms with van der Waals surface area (Å²) < 4.78 is 23.2. The second-order valence-corrected chi connectivity index (χ2v) is 7.14. The van der Waals surface area contributed by atoms with Gasteiger partial charge in [0.2, 0.25) is 0 Å². The minimum absolute atomic E-state index is 0.0773. The SMILES string of the molecule is Cc1[nH]ncc1CN[C@H](CS(C)(=O)=O)c1ccccc1. The first-order valence-electron chi connectivity index (χ1n) is 6.40. The number of benzene rings is 1. The van der Waals surface area contributed by atoms with E-state index in [-0.39, 0.29) is 11.8 Å². The van der Waals surface area contributed by atoms with Gasteiger partial charge in [0.05, 0.1) is 11.9 Å². The van der Waals surface area contributed by atoms with Gasteiger partial charge in [-0.05, 0) is 12.5 Å². The van der Waals surface area contributed by atoms with Crippen LogP contribution in [0.5, 0.6) is 0 Å². The maximum atomic E-state index is 11.6. The highest BCUT2D eigenvalue weighted by Crippen LogP contribution is 2.16. The molecular formula is C14H19N3O2S. The van der Waals surface area contributed by atoms with E-state index in [1.54, 1.807) is 6.20 Å². The molecule has 1 atom stereocenters. The number of aromatic nitrogens is 2. The van der Waals surface area contributed by atoms with Gasteiger partial charge in [-0.1, -0.05) is 30.3 Å². The fraction of sp³-hybridized carbons (Fsp3) is 0.357. The van der Waals surface area contributed by atoms with E-state index < -0.39 is 9.84 Å². The van der Waals surface area contributed by atoms with Gasteiger partial charge in [-0.2, -0.15) is 5.10 Å². The van der Waals surface area contributed by atoms with Crippen molar-refractivity contribution >= 4 is 9.84 Å². The summed E-state index contributed by atoms with van der Waals surface area (Å²) in [7, 11) is -3.06.